The van der Waals surface area contributed by atoms with E-state index in [2.05, 4.69) is 27.3 Å². The van der Waals surface area contributed by atoms with E-state index in [1.54, 1.807) is 0 Å². The number of nitrogens with one attached hydrogen (secondary N) is 1. The van der Waals surface area contributed by atoms with Crippen molar-refractivity contribution >= 4 is 21.6 Å². The number of hydrogen-bond donors (Lipinski definition) is 1. The van der Waals surface area contributed by atoms with Gasteiger partial charge in [-0.3, -0.25) is 0 Å². The Labute approximate surface area is 110 Å². The Balaban J connectivity index is 1.98. The lowest BCUT2D eigenvalue weighted by molar-refractivity contribution is -0.0141. The Morgan fingerprint density at radius 3 is 2.65 bits per heavy atom. The third-order valence-electron chi connectivity index (χ3n) is 3.00. The number of hydrogen-bond acceptors (Lipinski definition) is 3. The molecule has 2 rings (SSSR count). The minimum Gasteiger partial charge on any atom is -0.378 e. The Hall–Kier alpha value is -1.05. The van der Waals surface area contributed by atoms with Gasteiger partial charge in [-0.15, -0.1) is 0 Å². The van der Waals surface area contributed by atoms with E-state index < -0.39 is 5.54 Å². The van der Waals surface area contributed by atoms with Gasteiger partial charge in [-0.05, 0) is 31.2 Å². The van der Waals surface area contributed by atoms with Gasteiger partial charge >= 0.3 is 0 Å². The SMILES string of the molecule is CCOC1CC(C#N)(Nc2ccc(Br)cc2)C1. The molecule has 1 aliphatic carbocycles. The van der Waals surface area contributed by atoms with Crippen molar-refractivity contribution in [3.63, 3.8) is 0 Å². The highest BCUT2D eigenvalue weighted by molar-refractivity contribution is 9.10. The Morgan fingerprint density at radius 2 is 2.12 bits per heavy atom. The molecule has 0 radical (unpaired) electrons. The summed E-state index contributed by atoms with van der Waals surface area (Å²) in [5, 5.41) is 12.6. The summed E-state index contributed by atoms with van der Waals surface area (Å²) in [6.45, 7) is 2.69. The van der Waals surface area contributed by atoms with Crippen molar-refractivity contribution in [2.45, 2.75) is 31.4 Å². The smallest absolute Gasteiger partial charge is 0.130 e. The molecule has 0 aromatic heterocycles. The third-order valence-corrected chi connectivity index (χ3v) is 3.53. The van der Waals surface area contributed by atoms with Crippen LogP contribution < -0.4 is 5.32 Å². The van der Waals surface area contributed by atoms with Crippen molar-refractivity contribution in [3.8, 4) is 6.07 Å². The predicted molar refractivity (Wildman–Crippen MR) is 70.8 cm³/mol. The summed E-state index contributed by atoms with van der Waals surface area (Å²) in [4.78, 5) is 0. The van der Waals surface area contributed by atoms with Gasteiger partial charge in [0.1, 0.15) is 5.54 Å². The fraction of sp³-hybridized carbons (Fsp3) is 0.462. The van der Waals surface area contributed by atoms with E-state index in [0.717, 1.165) is 23.0 Å². The van der Waals surface area contributed by atoms with E-state index in [9.17, 15) is 5.26 Å². The molecule has 90 valence electrons. The van der Waals surface area contributed by atoms with Crippen molar-refractivity contribution in [3.05, 3.63) is 28.7 Å². The van der Waals surface area contributed by atoms with Crippen LogP contribution in [0.4, 0.5) is 5.69 Å². The predicted octanol–water partition coefficient (Wildman–Crippen LogP) is 3.32. The van der Waals surface area contributed by atoms with Crippen LogP contribution in [0.2, 0.25) is 0 Å². The van der Waals surface area contributed by atoms with E-state index in [1.165, 1.54) is 0 Å². The molecular weight excluding hydrogens is 280 g/mol. The van der Waals surface area contributed by atoms with Gasteiger partial charge in [0.15, 0.2) is 0 Å². The van der Waals surface area contributed by atoms with E-state index in [4.69, 9.17) is 4.74 Å². The summed E-state index contributed by atoms with van der Waals surface area (Å²) in [6.07, 6.45) is 1.74. The summed E-state index contributed by atoms with van der Waals surface area (Å²) >= 11 is 3.39. The lowest BCUT2D eigenvalue weighted by Crippen LogP contribution is -2.53. The summed E-state index contributed by atoms with van der Waals surface area (Å²) in [6, 6.07) is 10.2. The van der Waals surface area contributed by atoms with Crippen molar-refractivity contribution in [2.75, 3.05) is 11.9 Å². The standard InChI is InChI=1S/C13H15BrN2O/c1-2-17-12-7-13(8-12,9-15)16-11-5-3-10(14)4-6-11/h3-6,12,16H,2,7-8H2,1H3. The van der Waals surface area contributed by atoms with Gasteiger partial charge in [0.25, 0.3) is 0 Å². The molecule has 1 aromatic rings. The summed E-state index contributed by atoms with van der Waals surface area (Å²) in [5.41, 5.74) is 0.526. The average Bonchev–Trinajstić information content (AvgIpc) is 2.29. The summed E-state index contributed by atoms with van der Waals surface area (Å²) in [5.74, 6) is 0. The number of nitrogens with zero attached hydrogens (tertiary/aromatic N) is 1. The van der Waals surface area contributed by atoms with Crippen molar-refractivity contribution in [1.82, 2.24) is 0 Å². The molecule has 0 amide bonds. The van der Waals surface area contributed by atoms with Crippen LogP contribution in [0.5, 0.6) is 0 Å². The second kappa shape index (κ2) is 5.07. The van der Waals surface area contributed by atoms with E-state index in [1.807, 2.05) is 31.2 Å². The molecule has 4 heteroatoms. The lowest BCUT2D eigenvalue weighted by atomic mass is 9.75. The zero-order chi connectivity index (χ0) is 12.3. The second-order valence-corrected chi connectivity index (χ2v) is 5.23. The van der Waals surface area contributed by atoms with Crippen molar-refractivity contribution in [2.24, 2.45) is 0 Å². The molecule has 1 aliphatic rings. The molecule has 0 atom stereocenters. The Kier molecular flexibility index (Phi) is 3.70. The maximum absolute atomic E-state index is 9.26. The van der Waals surface area contributed by atoms with Crippen LogP contribution in [0.3, 0.4) is 0 Å². The fourth-order valence-corrected chi connectivity index (χ4v) is 2.37. The van der Waals surface area contributed by atoms with Gasteiger partial charge in [0.2, 0.25) is 0 Å². The zero-order valence-electron chi connectivity index (χ0n) is 9.74. The monoisotopic (exact) mass is 294 g/mol. The first-order valence-electron chi connectivity index (χ1n) is 5.74. The molecule has 0 heterocycles. The highest BCUT2D eigenvalue weighted by atomic mass is 79.9. The second-order valence-electron chi connectivity index (χ2n) is 4.31. The number of nitriles is 1. The minimum absolute atomic E-state index is 0.225. The van der Waals surface area contributed by atoms with Crippen molar-refractivity contribution in [1.29, 1.82) is 5.26 Å². The molecule has 1 saturated carbocycles. The maximum atomic E-state index is 9.26. The largest absolute Gasteiger partial charge is 0.378 e. The Bertz CT molecular complexity index is 418. The lowest BCUT2D eigenvalue weighted by Gasteiger charge is -2.43. The first-order chi connectivity index (χ1) is 8.17. The van der Waals surface area contributed by atoms with Crippen molar-refractivity contribution < 1.29 is 4.74 Å². The van der Waals surface area contributed by atoms with Gasteiger partial charge in [-0.25, -0.2) is 0 Å². The van der Waals surface area contributed by atoms with Crippen LogP contribution in [0.25, 0.3) is 0 Å². The summed E-state index contributed by atoms with van der Waals surface area (Å²) in [7, 11) is 0. The molecule has 1 fully saturated rings. The van der Waals surface area contributed by atoms with Gasteiger partial charge in [0.05, 0.1) is 12.2 Å². The number of benzene rings is 1. The molecule has 1 N–H and O–H groups in total. The first-order valence-corrected chi connectivity index (χ1v) is 6.53. The van der Waals surface area contributed by atoms with Crippen LogP contribution in [0.1, 0.15) is 19.8 Å². The molecule has 17 heavy (non-hydrogen) atoms. The highest BCUT2D eigenvalue weighted by Gasteiger charge is 2.45. The quantitative estimate of drug-likeness (QED) is 0.926. The van der Waals surface area contributed by atoms with Crippen LogP contribution in [-0.2, 0) is 4.74 Å². The number of ether oxygens (including phenoxy) is 1. The van der Waals surface area contributed by atoms with E-state index in [-0.39, 0.29) is 6.10 Å². The topological polar surface area (TPSA) is 45.0 Å². The normalized spacial score (nSPS) is 27.0. The molecule has 0 bridgehead atoms. The fourth-order valence-electron chi connectivity index (χ4n) is 2.10. The third kappa shape index (κ3) is 2.80. The molecule has 1 aromatic carbocycles. The number of anilines is 1. The molecule has 0 spiro atoms. The molecule has 0 saturated heterocycles. The molecule has 0 unspecified atom stereocenters. The minimum atomic E-state index is -0.451. The van der Waals surface area contributed by atoms with E-state index in [0.29, 0.717) is 6.61 Å². The van der Waals surface area contributed by atoms with Crippen LogP contribution in [0, 0.1) is 11.3 Å². The van der Waals surface area contributed by atoms with Crippen LogP contribution >= 0.6 is 15.9 Å². The van der Waals surface area contributed by atoms with E-state index >= 15 is 0 Å². The van der Waals surface area contributed by atoms with Gasteiger partial charge in [-0.1, -0.05) is 15.9 Å². The van der Waals surface area contributed by atoms with Gasteiger partial charge in [0, 0.05) is 29.6 Å². The number of halogens is 1. The highest BCUT2D eigenvalue weighted by Crippen LogP contribution is 2.37. The maximum Gasteiger partial charge on any atom is 0.130 e. The first kappa shape index (κ1) is 12.4. The van der Waals surface area contributed by atoms with Gasteiger partial charge < -0.3 is 10.1 Å². The molecule has 0 aliphatic heterocycles. The molecular formula is C13H15BrN2O. The summed E-state index contributed by atoms with van der Waals surface area (Å²) < 4.78 is 6.53. The van der Waals surface area contributed by atoms with Gasteiger partial charge in [-0.2, -0.15) is 5.26 Å². The Morgan fingerprint density at radius 1 is 1.47 bits per heavy atom. The van der Waals surface area contributed by atoms with Crippen LogP contribution in [-0.4, -0.2) is 18.2 Å². The zero-order valence-corrected chi connectivity index (χ0v) is 11.3. The average molecular weight is 295 g/mol. The number of rotatable bonds is 4. The van der Waals surface area contributed by atoms with Crippen LogP contribution in [0.15, 0.2) is 28.7 Å². The molecule has 3 nitrogen and oxygen atoms in total.